The molecule has 0 saturated heterocycles. The van der Waals surface area contributed by atoms with E-state index >= 15 is 0 Å². The van der Waals surface area contributed by atoms with E-state index in [0.717, 1.165) is 17.1 Å². The number of hydrogen-bond donors (Lipinski definition) is 1. The SMILES string of the molecule is Cc1ccc(C(C)NCc2ccc(F)c(Cl)c2)o1. The lowest BCUT2D eigenvalue weighted by molar-refractivity contribution is 0.416. The van der Waals surface area contributed by atoms with Crippen molar-refractivity contribution in [2.45, 2.75) is 26.4 Å². The molecule has 1 heterocycles. The highest BCUT2D eigenvalue weighted by Crippen LogP contribution is 2.18. The van der Waals surface area contributed by atoms with Crippen LogP contribution in [0.1, 0.15) is 30.0 Å². The van der Waals surface area contributed by atoms with Crippen molar-refractivity contribution in [3.63, 3.8) is 0 Å². The number of aryl methyl sites for hydroxylation is 1. The van der Waals surface area contributed by atoms with Gasteiger partial charge < -0.3 is 9.73 Å². The van der Waals surface area contributed by atoms with Gasteiger partial charge in [0.25, 0.3) is 0 Å². The fourth-order valence-electron chi connectivity index (χ4n) is 1.71. The van der Waals surface area contributed by atoms with Crippen LogP contribution in [0.15, 0.2) is 34.7 Å². The van der Waals surface area contributed by atoms with Gasteiger partial charge in [0.1, 0.15) is 17.3 Å². The molecule has 0 fully saturated rings. The molecule has 1 aromatic heterocycles. The first-order valence-electron chi connectivity index (χ1n) is 5.80. The minimum atomic E-state index is -0.393. The Morgan fingerprint density at radius 3 is 2.72 bits per heavy atom. The van der Waals surface area contributed by atoms with Crippen molar-refractivity contribution < 1.29 is 8.81 Å². The first kappa shape index (κ1) is 13.1. The lowest BCUT2D eigenvalue weighted by Crippen LogP contribution is -2.17. The maximum atomic E-state index is 13.0. The summed E-state index contributed by atoms with van der Waals surface area (Å²) in [6.45, 7) is 4.54. The second-order valence-corrected chi connectivity index (χ2v) is 4.71. The molecule has 0 radical (unpaired) electrons. The summed E-state index contributed by atoms with van der Waals surface area (Å²) in [5.74, 6) is 1.39. The van der Waals surface area contributed by atoms with Gasteiger partial charge in [0, 0.05) is 6.54 Å². The van der Waals surface area contributed by atoms with Gasteiger partial charge in [-0.3, -0.25) is 0 Å². The van der Waals surface area contributed by atoms with E-state index in [1.807, 2.05) is 26.0 Å². The monoisotopic (exact) mass is 267 g/mol. The zero-order valence-electron chi connectivity index (χ0n) is 10.3. The molecule has 0 saturated carbocycles. The molecule has 1 N–H and O–H groups in total. The van der Waals surface area contributed by atoms with E-state index in [-0.39, 0.29) is 11.1 Å². The minimum Gasteiger partial charge on any atom is -0.465 e. The summed E-state index contributed by atoms with van der Waals surface area (Å²) in [6.07, 6.45) is 0. The third kappa shape index (κ3) is 3.12. The topological polar surface area (TPSA) is 25.2 Å². The fraction of sp³-hybridized carbons (Fsp3) is 0.286. The average molecular weight is 268 g/mol. The molecule has 0 amide bonds. The van der Waals surface area contributed by atoms with E-state index in [2.05, 4.69) is 5.32 Å². The van der Waals surface area contributed by atoms with Crippen LogP contribution in [0.25, 0.3) is 0 Å². The molecule has 0 spiro atoms. The smallest absolute Gasteiger partial charge is 0.141 e. The predicted octanol–water partition coefficient (Wildman–Crippen LogP) is 4.23. The van der Waals surface area contributed by atoms with E-state index < -0.39 is 5.82 Å². The highest BCUT2D eigenvalue weighted by molar-refractivity contribution is 6.30. The maximum Gasteiger partial charge on any atom is 0.141 e. The first-order valence-corrected chi connectivity index (χ1v) is 6.17. The Kier molecular flexibility index (Phi) is 4.04. The van der Waals surface area contributed by atoms with E-state index in [4.69, 9.17) is 16.0 Å². The van der Waals surface area contributed by atoms with Gasteiger partial charge >= 0.3 is 0 Å². The third-order valence-corrected chi connectivity index (χ3v) is 3.07. The largest absolute Gasteiger partial charge is 0.465 e. The van der Waals surface area contributed by atoms with Gasteiger partial charge in [-0.2, -0.15) is 0 Å². The molecule has 2 nitrogen and oxygen atoms in total. The summed E-state index contributed by atoms with van der Waals surface area (Å²) in [5, 5.41) is 3.45. The van der Waals surface area contributed by atoms with Crippen LogP contribution in [0.4, 0.5) is 4.39 Å². The van der Waals surface area contributed by atoms with Crippen LogP contribution in [-0.4, -0.2) is 0 Å². The van der Waals surface area contributed by atoms with Gasteiger partial charge in [-0.15, -0.1) is 0 Å². The second-order valence-electron chi connectivity index (χ2n) is 4.30. The van der Waals surface area contributed by atoms with E-state index in [9.17, 15) is 4.39 Å². The number of halogens is 2. The predicted molar refractivity (Wildman–Crippen MR) is 70.1 cm³/mol. The molecule has 2 rings (SSSR count). The molecule has 0 aliphatic rings. The lowest BCUT2D eigenvalue weighted by Gasteiger charge is -2.11. The zero-order valence-corrected chi connectivity index (χ0v) is 11.1. The van der Waals surface area contributed by atoms with Gasteiger partial charge in [-0.1, -0.05) is 17.7 Å². The Balaban J connectivity index is 1.97. The zero-order chi connectivity index (χ0) is 13.1. The van der Waals surface area contributed by atoms with Crippen LogP contribution >= 0.6 is 11.6 Å². The molecule has 96 valence electrons. The summed E-state index contributed by atoms with van der Waals surface area (Å²) < 4.78 is 18.5. The lowest BCUT2D eigenvalue weighted by atomic mass is 10.2. The van der Waals surface area contributed by atoms with Crippen molar-refractivity contribution in [3.8, 4) is 0 Å². The summed E-state index contributed by atoms with van der Waals surface area (Å²) in [6, 6.07) is 8.70. The standard InChI is InChI=1S/C14H15ClFNO/c1-9-3-6-14(18-9)10(2)17-8-11-4-5-13(16)12(15)7-11/h3-7,10,17H,8H2,1-2H3. The molecule has 2 aromatic rings. The molecule has 0 aliphatic heterocycles. The molecule has 1 unspecified atom stereocenters. The third-order valence-electron chi connectivity index (χ3n) is 2.78. The van der Waals surface area contributed by atoms with Gasteiger partial charge in [0.2, 0.25) is 0 Å². The fourth-order valence-corrected chi connectivity index (χ4v) is 1.91. The number of rotatable bonds is 4. The Bertz CT molecular complexity index is 538. The van der Waals surface area contributed by atoms with Crippen molar-refractivity contribution in [2.75, 3.05) is 0 Å². The molecule has 1 atom stereocenters. The summed E-state index contributed by atoms with van der Waals surface area (Å²) in [5.41, 5.74) is 0.941. The molecule has 0 bridgehead atoms. The van der Waals surface area contributed by atoms with Gasteiger partial charge in [0.05, 0.1) is 11.1 Å². The van der Waals surface area contributed by atoms with Crippen molar-refractivity contribution in [1.29, 1.82) is 0 Å². The average Bonchev–Trinajstić information content (AvgIpc) is 2.77. The molecular weight excluding hydrogens is 253 g/mol. The van der Waals surface area contributed by atoms with Crippen LogP contribution in [0.5, 0.6) is 0 Å². The summed E-state index contributed by atoms with van der Waals surface area (Å²) in [4.78, 5) is 0. The van der Waals surface area contributed by atoms with E-state index in [1.165, 1.54) is 6.07 Å². The number of nitrogens with one attached hydrogen (secondary N) is 1. The highest BCUT2D eigenvalue weighted by atomic mass is 35.5. The molecule has 1 aromatic carbocycles. The maximum absolute atomic E-state index is 13.0. The van der Waals surface area contributed by atoms with Gasteiger partial charge in [-0.05, 0) is 43.7 Å². The van der Waals surface area contributed by atoms with Gasteiger partial charge in [-0.25, -0.2) is 4.39 Å². The highest BCUT2D eigenvalue weighted by Gasteiger charge is 2.09. The van der Waals surface area contributed by atoms with Crippen LogP contribution in [0, 0.1) is 12.7 Å². The number of furan rings is 1. The van der Waals surface area contributed by atoms with E-state index in [1.54, 1.807) is 12.1 Å². The molecule has 0 aliphatic carbocycles. The van der Waals surface area contributed by atoms with E-state index in [0.29, 0.717) is 6.54 Å². The Labute approximate surface area is 111 Å². The van der Waals surface area contributed by atoms with Gasteiger partial charge in [0.15, 0.2) is 0 Å². The number of hydrogen-bond acceptors (Lipinski definition) is 2. The Morgan fingerprint density at radius 1 is 1.33 bits per heavy atom. The van der Waals surface area contributed by atoms with Crippen LogP contribution in [-0.2, 0) is 6.54 Å². The molecular formula is C14H15ClFNO. The van der Waals surface area contributed by atoms with Crippen molar-refractivity contribution >= 4 is 11.6 Å². The minimum absolute atomic E-state index is 0.0996. The second kappa shape index (κ2) is 5.55. The Morgan fingerprint density at radius 2 is 2.11 bits per heavy atom. The van der Waals surface area contributed by atoms with Crippen molar-refractivity contribution in [1.82, 2.24) is 5.32 Å². The van der Waals surface area contributed by atoms with Crippen molar-refractivity contribution in [3.05, 3.63) is 58.3 Å². The van der Waals surface area contributed by atoms with Crippen LogP contribution in [0.2, 0.25) is 5.02 Å². The van der Waals surface area contributed by atoms with Crippen molar-refractivity contribution in [2.24, 2.45) is 0 Å². The van der Waals surface area contributed by atoms with Crippen LogP contribution in [0.3, 0.4) is 0 Å². The normalized spacial score (nSPS) is 12.7. The summed E-state index contributed by atoms with van der Waals surface area (Å²) in [7, 11) is 0. The Hall–Kier alpha value is -1.32. The number of benzene rings is 1. The quantitative estimate of drug-likeness (QED) is 0.897. The summed E-state index contributed by atoms with van der Waals surface area (Å²) >= 11 is 5.73. The molecule has 18 heavy (non-hydrogen) atoms. The first-order chi connectivity index (χ1) is 8.56. The molecule has 4 heteroatoms. The van der Waals surface area contributed by atoms with Crippen LogP contribution < -0.4 is 5.32 Å².